The number of para-hydroxylation sites is 4. The van der Waals surface area contributed by atoms with E-state index >= 15 is 0 Å². The molecule has 4 rings (SSSR count). The van der Waals surface area contributed by atoms with Gasteiger partial charge in [0.1, 0.15) is 11.4 Å². The average molecular weight is 371 g/mol. The number of carbonyl (C=O) groups is 1. The monoisotopic (exact) mass is 371 g/mol. The number of rotatable bonds is 4. The first-order valence-corrected chi connectivity index (χ1v) is 8.70. The number of anilines is 1. The van der Waals surface area contributed by atoms with Crippen molar-refractivity contribution in [3.63, 3.8) is 0 Å². The third kappa shape index (κ3) is 3.23. The van der Waals surface area contributed by atoms with Gasteiger partial charge in [0, 0.05) is 5.56 Å². The van der Waals surface area contributed by atoms with Crippen LogP contribution in [0.1, 0.15) is 10.4 Å². The lowest BCUT2D eigenvalue weighted by Crippen LogP contribution is -2.16. The molecule has 0 radical (unpaired) electrons. The van der Waals surface area contributed by atoms with Gasteiger partial charge in [0.25, 0.3) is 11.5 Å². The summed E-state index contributed by atoms with van der Waals surface area (Å²) in [6, 6.07) is 21.3. The van der Waals surface area contributed by atoms with Crippen LogP contribution in [0.5, 0.6) is 5.75 Å². The van der Waals surface area contributed by atoms with E-state index in [1.807, 2.05) is 18.2 Å². The van der Waals surface area contributed by atoms with E-state index in [2.05, 4.69) is 15.3 Å². The number of nitrogens with zero attached hydrogens (tertiary/aromatic N) is 1. The number of carbonyl (C=O) groups excluding carboxylic acids is 1. The lowest BCUT2D eigenvalue weighted by molar-refractivity contribution is 0.102. The van der Waals surface area contributed by atoms with Gasteiger partial charge in [-0.25, -0.2) is 4.98 Å². The third-order valence-corrected chi connectivity index (χ3v) is 4.38. The molecule has 28 heavy (non-hydrogen) atoms. The molecule has 0 spiro atoms. The van der Waals surface area contributed by atoms with Gasteiger partial charge >= 0.3 is 0 Å². The minimum absolute atomic E-state index is 0.245. The van der Waals surface area contributed by atoms with Crippen LogP contribution in [0.25, 0.3) is 22.3 Å². The number of nitrogens with one attached hydrogen (secondary N) is 2. The Bertz CT molecular complexity index is 1230. The minimum Gasteiger partial charge on any atom is -0.496 e. The predicted octanol–water partition coefficient (Wildman–Crippen LogP) is 3.85. The molecule has 6 heteroatoms. The molecule has 1 aromatic heterocycles. The number of H-pyrrole nitrogens is 1. The van der Waals surface area contributed by atoms with E-state index in [-0.39, 0.29) is 17.2 Å². The van der Waals surface area contributed by atoms with Crippen LogP contribution in [-0.4, -0.2) is 23.0 Å². The molecule has 0 unspecified atom stereocenters. The van der Waals surface area contributed by atoms with Crippen molar-refractivity contribution in [2.45, 2.75) is 0 Å². The maximum atomic E-state index is 12.8. The Morgan fingerprint density at radius 2 is 1.68 bits per heavy atom. The summed E-state index contributed by atoms with van der Waals surface area (Å²) in [4.78, 5) is 32.7. The minimum atomic E-state index is -0.331. The second kappa shape index (κ2) is 7.36. The predicted molar refractivity (Wildman–Crippen MR) is 109 cm³/mol. The van der Waals surface area contributed by atoms with Crippen LogP contribution in [-0.2, 0) is 0 Å². The van der Waals surface area contributed by atoms with Crippen LogP contribution in [0.4, 0.5) is 5.69 Å². The Morgan fingerprint density at radius 3 is 2.54 bits per heavy atom. The highest BCUT2D eigenvalue weighted by Gasteiger charge is 2.16. The summed E-state index contributed by atoms with van der Waals surface area (Å²) < 4.78 is 5.26. The number of fused-ring (bicyclic) bond motifs is 1. The van der Waals surface area contributed by atoms with E-state index in [1.54, 1.807) is 54.6 Å². The Morgan fingerprint density at radius 1 is 0.964 bits per heavy atom. The van der Waals surface area contributed by atoms with Gasteiger partial charge in [0.2, 0.25) is 0 Å². The largest absolute Gasteiger partial charge is 0.496 e. The topological polar surface area (TPSA) is 84.1 Å². The second-order valence-corrected chi connectivity index (χ2v) is 6.13. The van der Waals surface area contributed by atoms with E-state index in [0.29, 0.717) is 33.6 Å². The fraction of sp³-hybridized carbons (Fsp3) is 0.0455. The molecule has 1 amide bonds. The fourth-order valence-corrected chi connectivity index (χ4v) is 3.03. The van der Waals surface area contributed by atoms with E-state index in [0.717, 1.165) is 0 Å². The number of hydrogen-bond acceptors (Lipinski definition) is 4. The first-order chi connectivity index (χ1) is 13.7. The number of aromatic amines is 1. The number of methoxy groups -OCH3 is 1. The molecule has 3 aromatic carbocycles. The number of hydrogen-bond donors (Lipinski definition) is 2. The SMILES string of the molecule is COc1ccccc1C(=O)Nc1ccccc1-c1nc2ccccc2[nH]c1=O. The molecule has 4 aromatic rings. The molecule has 0 fully saturated rings. The highest BCUT2D eigenvalue weighted by Crippen LogP contribution is 2.26. The number of amides is 1. The molecular weight excluding hydrogens is 354 g/mol. The third-order valence-electron chi connectivity index (χ3n) is 4.38. The molecular formula is C22H17N3O3. The lowest BCUT2D eigenvalue weighted by Gasteiger charge is -2.12. The van der Waals surface area contributed by atoms with Gasteiger partial charge in [-0.05, 0) is 30.3 Å². The van der Waals surface area contributed by atoms with Crippen LogP contribution in [0.3, 0.4) is 0 Å². The molecule has 0 atom stereocenters. The van der Waals surface area contributed by atoms with Crippen molar-refractivity contribution in [3.8, 4) is 17.0 Å². The Hall–Kier alpha value is -3.93. The molecule has 0 aliphatic carbocycles. The van der Waals surface area contributed by atoms with Crippen LogP contribution in [0.2, 0.25) is 0 Å². The average Bonchev–Trinajstić information content (AvgIpc) is 2.73. The van der Waals surface area contributed by atoms with Gasteiger partial charge in [0.05, 0.1) is 29.4 Å². The lowest BCUT2D eigenvalue weighted by atomic mass is 10.1. The van der Waals surface area contributed by atoms with Crippen LogP contribution in [0.15, 0.2) is 77.6 Å². The summed E-state index contributed by atoms with van der Waals surface area (Å²) in [5.41, 5.74) is 2.69. The molecule has 6 nitrogen and oxygen atoms in total. The second-order valence-electron chi connectivity index (χ2n) is 6.13. The summed E-state index contributed by atoms with van der Waals surface area (Å²) >= 11 is 0. The zero-order chi connectivity index (χ0) is 19.5. The first-order valence-electron chi connectivity index (χ1n) is 8.70. The van der Waals surface area contributed by atoms with Crippen molar-refractivity contribution in [1.82, 2.24) is 9.97 Å². The molecule has 0 aliphatic heterocycles. The van der Waals surface area contributed by atoms with E-state index in [4.69, 9.17) is 4.74 Å². The quantitative estimate of drug-likeness (QED) is 0.571. The molecule has 138 valence electrons. The molecule has 0 aliphatic rings. The van der Waals surface area contributed by atoms with Gasteiger partial charge in [0.15, 0.2) is 0 Å². The normalized spacial score (nSPS) is 10.6. The molecule has 2 N–H and O–H groups in total. The van der Waals surface area contributed by atoms with Crippen molar-refractivity contribution < 1.29 is 9.53 Å². The molecule has 0 saturated heterocycles. The zero-order valence-electron chi connectivity index (χ0n) is 15.1. The van der Waals surface area contributed by atoms with Crippen molar-refractivity contribution in [3.05, 3.63) is 88.7 Å². The first kappa shape index (κ1) is 17.5. The number of benzene rings is 3. The molecule has 0 saturated carbocycles. The molecule has 0 bridgehead atoms. The van der Waals surface area contributed by atoms with Gasteiger partial charge in [-0.3, -0.25) is 9.59 Å². The van der Waals surface area contributed by atoms with Crippen LogP contribution in [0, 0.1) is 0 Å². The maximum Gasteiger partial charge on any atom is 0.275 e. The summed E-state index contributed by atoms with van der Waals surface area (Å²) in [5, 5.41) is 2.86. The fourth-order valence-electron chi connectivity index (χ4n) is 3.03. The summed E-state index contributed by atoms with van der Waals surface area (Å²) in [5.74, 6) is 0.140. The number of ether oxygens (including phenoxy) is 1. The Labute approximate surface area is 160 Å². The van der Waals surface area contributed by atoms with Crippen LogP contribution >= 0.6 is 0 Å². The summed E-state index contributed by atoms with van der Waals surface area (Å²) in [7, 11) is 1.51. The van der Waals surface area contributed by atoms with Crippen molar-refractivity contribution in [2.75, 3.05) is 12.4 Å². The van der Waals surface area contributed by atoms with Gasteiger partial charge < -0.3 is 15.0 Å². The Kier molecular flexibility index (Phi) is 4.60. The van der Waals surface area contributed by atoms with Crippen molar-refractivity contribution in [1.29, 1.82) is 0 Å². The summed E-state index contributed by atoms with van der Waals surface area (Å²) in [6.45, 7) is 0. The maximum absolute atomic E-state index is 12.8. The van der Waals surface area contributed by atoms with E-state index in [9.17, 15) is 9.59 Å². The van der Waals surface area contributed by atoms with Gasteiger partial charge in [-0.2, -0.15) is 0 Å². The standard InChI is InChI=1S/C22H17N3O3/c1-28-19-13-7-3-9-15(19)21(26)24-16-10-4-2-8-14(16)20-22(27)25-18-12-6-5-11-17(18)23-20/h2-13H,1H3,(H,24,26)(H,25,27). The van der Waals surface area contributed by atoms with Crippen molar-refractivity contribution >= 4 is 22.6 Å². The van der Waals surface area contributed by atoms with Gasteiger partial charge in [-0.15, -0.1) is 0 Å². The molecule has 1 heterocycles. The van der Waals surface area contributed by atoms with Crippen LogP contribution < -0.4 is 15.6 Å². The zero-order valence-corrected chi connectivity index (χ0v) is 15.1. The summed E-state index contributed by atoms with van der Waals surface area (Å²) in [6.07, 6.45) is 0. The van der Waals surface area contributed by atoms with Crippen molar-refractivity contribution in [2.24, 2.45) is 0 Å². The highest BCUT2D eigenvalue weighted by molar-refractivity contribution is 6.07. The number of aromatic nitrogens is 2. The highest BCUT2D eigenvalue weighted by atomic mass is 16.5. The smallest absolute Gasteiger partial charge is 0.275 e. The van der Waals surface area contributed by atoms with E-state index < -0.39 is 0 Å². The Balaban J connectivity index is 1.77. The van der Waals surface area contributed by atoms with Gasteiger partial charge in [-0.1, -0.05) is 42.5 Å². The van der Waals surface area contributed by atoms with E-state index in [1.165, 1.54) is 7.11 Å².